The van der Waals surface area contributed by atoms with Gasteiger partial charge in [-0.2, -0.15) is 8.42 Å². The maximum absolute atomic E-state index is 11.2. The van der Waals surface area contributed by atoms with Crippen LogP contribution in [0.15, 0.2) is 11.6 Å². The van der Waals surface area contributed by atoms with E-state index in [1.807, 2.05) is 32.8 Å². The Morgan fingerprint density at radius 3 is 1.89 bits per heavy atom. The van der Waals surface area contributed by atoms with Gasteiger partial charge in [-0.15, -0.1) is 0 Å². The molecule has 0 aromatic heterocycles. The topological polar surface area (TPSA) is 139 Å². The highest BCUT2D eigenvalue weighted by molar-refractivity contribution is 7.79. The Bertz CT molecular complexity index is 355. The first kappa shape index (κ1) is 22.2. The molecule has 0 amide bonds. The summed E-state index contributed by atoms with van der Waals surface area (Å²) in [5, 5.41) is 0. The minimum Gasteiger partial charge on any atom is -0.443 e. The Morgan fingerprint density at radius 1 is 1.33 bits per heavy atom. The molecule has 0 saturated carbocycles. The number of hydrogen-bond acceptors (Lipinski definition) is 6. The van der Waals surface area contributed by atoms with Gasteiger partial charge in [0.25, 0.3) is 0 Å². The number of ether oxygens (including phenoxy) is 1. The van der Waals surface area contributed by atoms with Gasteiger partial charge in [0.2, 0.25) is 0 Å². The SMILES string of the molecule is CC=C(C)C(=O)OC(C)N(C)C.N.O=S(=O)(O)O. The van der Waals surface area contributed by atoms with Crippen molar-refractivity contribution in [1.82, 2.24) is 11.1 Å². The zero-order chi connectivity index (χ0) is 14.2. The van der Waals surface area contributed by atoms with Crippen molar-refractivity contribution in [3.8, 4) is 0 Å². The van der Waals surface area contributed by atoms with E-state index in [0.29, 0.717) is 5.57 Å². The summed E-state index contributed by atoms with van der Waals surface area (Å²) < 4.78 is 36.7. The minimum absolute atomic E-state index is 0. The van der Waals surface area contributed by atoms with Crippen LogP contribution >= 0.6 is 0 Å². The molecule has 1 unspecified atom stereocenters. The van der Waals surface area contributed by atoms with Crippen LogP contribution in [0.2, 0.25) is 0 Å². The lowest BCUT2D eigenvalue weighted by molar-refractivity contribution is -0.150. The Balaban J connectivity index is -0.000000321. The molecular weight excluding hydrogens is 264 g/mol. The van der Waals surface area contributed by atoms with E-state index in [0.717, 1.165) is 0 Å². The maximum Gasteiger partial charge on any atom is 0.394 e. The van der Waals surface area contributed by atoms with Gasteiger partial charge < -0.3 is 10.9 Å². The molecule has 0 heterocycles. The molecule has 110 valence electrons. The predicted octanol–water partition coefficient (Wildman–Crippen LogP) is 0.913. The van der Waals surface area contributed by atoms with E-state index in [1.165, 1.54) is 0 Å². The van der Waals surface area contributed by atoms with E-state index >= 15 is 0 Å². The number of hydrogen-bond donors (Lipinski definition) is 3. The lowest BCUT2D eigenvalue weighted by Gasteiger charge is -2.19. The second-order valence-electron chi connectivity index (χ2n) is 3.39. The molecule has 0 aliphatic carbocycles. The fourth-order valence-electron chi connectivity index (χ4n) is 0.471. The maximum atomic E-state index is 11.2. The van der Waals surface area contributed by atoms with E-state index < -0.39 is 10.4 Å². The smallest absolute Gasteiger partial charge is 0.394 e. The first-order chi connectivity index (χ1) is 7.49. The van der Waals surface area contributed by atoms with Crippen molar-refractivity contribution in [2.24, 2.45) is 0 Å². The van der Waals surface area contributed by atoms with Gasteiger partial charge in [-0.05, 0) is 34.9 Å². The van der Waals surface area contributed by atoms with E-state index in [2.05, 4.69) is 0 Å². The van der Waals surface area contributed by atoms with E-state index in [9.17, 15) is 4.79 Å². The van der Waals surface area contributed by atoms with E-state index in [4.69, 9.17) is 22.3 Å². The molecule has 0 aliphatic heterocycles. The van der Waals surface area contributed by atoms with Crippen LogP contribution in [0, 0.1) is 0 Å². The van der Waals surface area contributed by atoms with Crippen molar-refractivity contribution in [2.75, 3.05) is 14.1 Å². The zero-order valence-corrected chi connectivity index (χ0v) is 12.1. The van der Waals surface area contributed by atoms with E-state index in [-0.39, 0.29) is 18.3 Å². The van der Waals surface area contributed by atoms with Gasteiger partial charge in [-0.1, -0.05) is 6.08 Å². The average molecular weight is 286 g/mol. The lowest BCUT2D eigenvalue weighted by Crippen LogP contribution is -2.30. The standard InChI is InChI=1S/C9H17NO2.H3N.H2O4S/c1-6-7(2)9(11)12-8(3)10(4)5;;1-5(2,3)4/h6,8H,1-5H3;1H3;(H2,1,2,3,4). The van der Waals surface area contributed by atoms with Gasteiger partial charge in [-0.3, -0.25) is 14.0 Å². The largest absolute Gasteiger partial charge is 0.443 e. The molecule has 0 radical (unpaired) electrons. The number of allylic oxidation sites excluding steroid dienone is 1. The summed E-state index contributed by atoms with van der Waals surface area (Å²) in [6.45, 7) is 5.39. The third-order valence-corrected chi connectivity index (χ3v) is 1.76. The quantitative estimate of drug-likeness (QED) is 0.301. The highest BCUT2D eigenvalue weighted by Gasteiger charge is 2.11. The molecule has 18 heavy (non-hydrogen) atoms. The number of rotatable bonds is 3. The molecule has 0 aromatic carbocycles. The summed E-state index contributed by atoms with van der Waals surface area (Å²) >= 11 is 0. The average Bonchev–Trinajstić information content (AvgIpc) is 2.13. The van der Waals surface area contributed by atoms with Crippen molar-refractivity contribution < 1.29 is 27.1 Å². The van der Waals surface area contributed by atoms with Crippen LogP contribution < -0.4 is 6.15 Å². The zero-order valence-electron chi connectivity index (χ0n) is 11.2. The molecule has 8 nitrogen and oxygen atoms in total. The van der Waals surface area contributed by atoms with Crippen molar-refractivity contribution in [3.63, 3.8) is 0 Å². The monoisotopic (exact) mass is 286 g/mol. The van der Waals surface area contributed by atoms with Crippen molar-refractivity contribution in [2.45, 2.75) is 27.0 Å². The normalized spacial score (nSPS) is 13.0. The summed E-state index contributed by atoms with van der Waals surface area (Å²) in [5.41, 5.74) is 0.642. The Kier molecular flexibility index (Phi) is 12.3. The molecule has 0 bridgehead atoms. The van der Waals surface area contributed by atoms with Gasteiger partial charge in [0.15, 0.2) is 6.23 Å². The Hall–Kier alpha value is -1.00. The number of carbonyl (C=O) groups is 1. The van der Waals surface area contributed by atoms with Crippen LogP contribution in [0.5, 0.6) is 0 Å². The van der Waals surface area contributed by atoms with Crippen molar-refractivity contribution >= 4 is 16.4 Å². The van der Waals surface area contributed by atoms with Crippen LogP contribution in [-0.2, 0) is 19.9 Å². The molecule has 5 N–H and O–H groups in total. The number of carbonyl (C=O) groups excluding carboxylic acids is 1. The summed E-state index contributed by atoms with van der Waals surface area (Å²) in [4.78, 5) is 13.0. The van der Waals surface area contributed by atoms with Gasteiger partial charge in [0.1, 0.15) is 0 Å². The second-order valence-corrected chi connectivity index (χ2v) is 4.28. The first-order valence-electron chi connectivity index (χ1n) is 4.69. The van der Waals surface area contributed by atoms with E-state index in [1.54, 1.807) is 13.0 Å². The van der Waals surface area contributed by atoms with Crippen molar-refractivity contribution in [3.05, 3.63) is 11.6 Å². The summed E-state index contributed by atoms with van der Waals surface area (Å²) in [6, 6.07) is 0. The number of esters is 1. The van der Waals surface area contributed by atoms with Crippen LogP contribution in [-0.4, -0.2) is 48.7 Å². The Morgan fingerprint density at radius 2 is 1.67 bits per heavy atom. The van der Waals surface area contributed by atoms with Crippen LogP contribution in [0.25, 0.3) is 0 Å². The Labute approximate surface area is 108 Å². The second kappa shape index (κ2) is 9.97. The lowest BCUT2D eigenvalue weighted by atomic mass is 10.3. The molecular formula is C9H22N2O6S. The first-order valence-corrected chi connectivity index (χ1v) is 6.09. The molecule has 0 fully saturated rings. The van der Waals surface area contributed by atoms with Crippen LogP contribution in [0.1, 0.15) is 20.8 Å². The molecule has 0 saturated heterocycles. The van der Waals surface area contributed by atoms with Gasteiger partial charge in [0.05, 0.1) is 0 Å². The summed E-state index contributed by atoms with van der Waals surface area (Å²) in [5.74, 6) is -0.251. The minimum atomic E-state index is -4.67. The highest BCUT2D eigenvalue weighted by atomic mass is 32.3. The van der Waals surface area contributed by atoms with Gasteiger partial charge >= 0.3 is 16.4 Å². The summed E-state index contributed by atoms with van der Waals surface area (Å²) in [6.07, 6.45) is 1.57. The highest BCUT2D eigenvalue weighted by Crippen LogP contribution is 2.01. The van der Waals surface area contributed by atoms with Crippen LogP contribution in [0.3, 0.4) is 0 Å². The molecule has 9 heteroatoms. The molecule has 0 aliphatic rings. The van der Waals surface area contributed by atoms with Crippen molar-refractivity contribution in [1.29, 1.82) is 0 Å². The molecule has 0 aromatic rings. The molecule has 0 rings (SSSR count). The molecule has 1 atom stereocenters. The van der Waals surface area contributed by atoms with Gasteiger partial charge in [0, 0.05) is 5.57 Å². The van der Waals surface area contributed by atoms with Crippen LogP contribution in [0.4, 0.5) is 0 Å². The summed E-state index contributed by atoms with van der Waals surface area (Å²) in [7, 11) is -0.939. The predicted molar refractivity (Wildman–Crippen MR) is 67.9 cm³/mol. The third kappa shape index (κ3) is 17.4. The molecule has 0 spiro atoms. The van der Waals surface area contributed by atoms with Gasteiger partial charge in [-0.25, -0.2) is 4.79 Å². The third-order valence-electron chi connectivity index (χ3n) is 1.76. The fourth-order valence-corrected chi connectivity index (χ4v) is 0.471. The number of nitrogens with zero attached hydrogens (tertiary/aromatic N) is 1. The fraction of sp³-hybridized carbons (Fsp3) is 0.667.